The second kappa shape index (κ2) is 10.4. The number of nitrogens with zero attached hydrogens (tertiary/aromatic N) is 1. The Morgan fingerprint density at radius 1 is 1.07 bits per heavy atom. The molecular formula is C21H26FIN4O. The predicted molar refractivity (Wildman–Crippen MR) is 122 cm³/mol. The van der Waals surface area contributed by atoms with Gasteiger partial charge in [-0.15, -0.1) is 24.0 Å². The highest BCUT2D eigenvalue weighted by Crippen LogP contribution is 2.48. The molecule has 28 heavy (non-hydrogen) atoms. The maximum atomic E-state index is 14.1. The van der Waals surface area contributed by atoms with Crippen molar-refractivity contribution < 1.29 is 9.18 Å². The van der Waals surface area contributed by atoms with E-state index < -0.39 is 0 Å². The molecule has 150 valence electrons. The summed E-state index contributed by atoms with van der Waals surface area (Å²) in [6, 6.07) is 16.2. The number of hydrogen-bond acceptors (Lipinski definition) is 2. The molecule has 0 aromatic heterocycles. The summed E-state index contributed by atoms with van der Waals surface area (Å²) in [6.07, 6.45) is 1.88. The summed E-state index contributed by atoms with van der Waals surface area (Å²) in [4.78, 5) is 16.4. The number of rotatable bonds is 7. The van der Waals surface area contributed by atoms with E-state index in [0.29, 0.717) is 19.0 Å². The van der Waals surface area contributed by atoms with Crippen LogP contribution < -0.4 is 16.0 Å². The molecular weight excluding hydrogens is 470 g/mol. The van der Waals surface area contributed by atoms with Crippen molar-refractivity contribution in [1.82, 2.24) is 10.6 Å². The van der Waals surface area contributed by atoms with Gasteiger partial charge in [-0.25, -0.2) is 9.38 Å². The van der Waals surface area contributed by atoms with Crippen molar-refractivity contribution in [3.8, 4) is 0 Å². The van der Waals surface area contributed by atoms with Crippen LogP contribution >= 0.6 is 24.0 Å². The molecule has 0 atom stereocenters. The Bertz CT molecular complexity index is 809. The van der Waals surface area contributed by atoms with Crippen LogP contribution in [0.3, 0.4) is 0 Å². The highest BCUT2D eigenvalue weighted by Gasteiger charge is 2.45. The summed E-state index contributed by atoms with van der Waals surface area (Å²) in [7, 11) is 0. The van der Waals surface area contributed by atoms with Gasteiger partial charge in [-0.2, -0.15) is 0 Å². The van der Waals surface area contributed by atoms with Crippen molar-refractivity contribution in [3.63, 3.8) is 0 Å². The number of benzene rings is 2. The SMILES string of the molecule is CCNC(=NCC(=O)Nc1ccccc1)NCC1(c2ccccc2F)CC1.I. The number of para-hydroxylation sites is 1. The highest BCUT2D eigenvalue weighted by molar-refractivity contribution is 14.0. The lowest BCUT2D eigenvalue weighted by atomic mass is 9.95. The molecule has 1 aliphatic carbocycles. The molecule has 0 spiro atoms. The minimum atomic E-state index is -0.187. The molecule has 1 saturated carbocycles. The van der Waals surface area contributed by atoms with Crippen LogP contribution in [0.25, 0.3) is 0 Å². The van der Waals surface area contributed by atoms with Crippen LogP contribution in [-0.2, 0) is 10.2 Å². The Labute approximate surface area is 182 Å². The molecule has 0 unspecified atom stereocenters. The summed E-state index contributed by atoms with van der Waals surface area (Å²) < 4.78 is 14.1. The van der Waals surface area contributed by atoms with Crippen LogP contribution in [0.2, 0.25) is 0 Å². The molecule has 0 radical (unpaired) electrons. The van der Waals surface area contributed by atoms with E-state index in [2.05, 4.69) is 20.9 Å². The Balaban J connectivity index is 0.00000280. The van der Waals surface area contributed by atoms with E-state index in [4.69, 9.17) is 0 Å². The lowest BCUT2D eigenvalue weighted by Gasteiger charge is -2.19. The zero-order chi connectivity index (χ0) is 19.1. The Kier molecular flexibility index (Phi) is 8.22. The van der Waals surface area contributed by atoms with Gasteiger partial charge in [-0.3, -0.25) is 4.79 Å². The summed E-state index contributed by atoms with van der Waals surface area (Å²) in [5.74, 6) is 0.206. The van der Waals surface area contributed by atoms with Crippen LogP contribution in [0.15, 0.2) is 59.6 Å². The van der Waals surface area contributed by atoms with Gasteiger partial charge in [-0.1, -0.05) is 36.4 Å². The Morgan fingerprint density at radius 2 is 1.75 bits per heavy atom. The van der Waals surface area contributed by atoms with E-state index in [9.17, 15) is 9.18 Å². The van der Waals surface area contributed by atoms with Crippen molar-refractivity contribution in [2.45, 2.75) is 25.2 Å². The first-order chi connectivity index (χ1) is 13.1. The number of aliphatic imine (C=N–C) groups is 1. The van der Waals surface area contributed by atoms with E-state index >= 15 is 0 Å². The number of hydrogen-bond donors (Lipinski definition) is 3. The van der Waals surface area contributed by atoms with E-state index in [0.717, 1.165) is 24.1 Å². The van der Waals surface area contributed by atoms with Gasteiger partial charge in [0.15, 0.2) is 5.96 Å². The van der Waals surface area contributed by atoms with Crippen LogP contribution in [0.4, 0.5) is 10.1 Å². The van der Waals surface area contributed by atoms with Crippen LogP contribution in [0.5, 0.6) is 0 Å². The third-order valence-electron chi connectivity index (χ3n) is 4.68. The molecule has 1 fully saturated rings. The summed E-state index contributed by atoms with van der Waals surface area (Å²) in [5.41, 5.74) is 1.30. The molecule has 3 N–H and O–H groups in total. The third kappa shape index (κ3) is 5.92. The number of guanidine groups is 1. The van der Waals surface area contributed by atoms with Crippen LogP contribution in [-0.4, -0.2) is 31.5 Å². The van der Waals surface area contributed by atoms with Gasteiger partial charge in [0.05, 0.1) is 0 Å². The number of halogens is 2. The second-order valence-corrected chi connectivity index (χ2v) is 6.72. The number of nitrogens with one attached hydrogen (secondary N) is 3. The molecule has 7 heteroatoms. The second-order valence-electron chi connectivity index (χ2n) is 6.72. The number of amides is 1. The fourth-order valence-electron chi connectivity index (χ4n) is 3.05. The highest BCUT2D eigenvalue weighted by atomic mass is 127. The molecule has 1 amide bonds. The molecule has 2 aromatic carbocycles. The summed E-state index contributed by atoms with van der Waals surface area (Å²) in [6.45, 7) is 3.24. The number of anilines is 1. The zero-order valence-corrected chi connectivity index (χ0v) is 18.2. The van der Waals surface area contributed by atoms with Crippen molar-refractivity contribution in [3.05, 3.63) is 66.0 Å². The Morgan fingerprint density at radius 3 is 2.39 bits per heavy atom. The largest absolute Gasteiger partial charge is 0.357 e. The first-order valence-electron chi connectivity index (χ1n) is 9.25. The minimum Gasteiger partial charge on any atom is -0.357 e. The third-order valence-corrected chi connectivity index (χ3v) is 4.68. The minimum absolute atomic E-state index is 0. The van der Waals surface area contributed by atoms with Gasteiger partial charge < -0.3 is 16.0 Å². The van der Waals surface area contributed by atoms with E-state index in [1.165, 1.54) is 6.07 Å². The molecule has 5 nitrogen and oxygen atoms in total. The van der Waals surface area contributed by atoms with Gasteiger partial charge in [0.25, 0.3) is 0 Å². The average Bonchev–Trinajstić information content (AvgIpc) is 3.46. The normalized spacial score (nSPS) is 14.6. The van der Waals surface area contributed by atoms with Gasteiger partial charge in [0, 0.05) is 24.2 Å². The number of carbonyl (C=O) groups is 1. The molecule has 0 bridgehead atoms. The van der Waals surface area contributed by atoms with Crippen molar-refractivity contribution >= 4 is 41.5 Å². The molecule has 0 aliphatic heterocycles. The molecule has 2 aromatic rings. The topological polar surface area (TPSA) is 65.5 Å². The molecule has 1 aliphatic rings. The fourth-order valence-corrected chi connectivity index (χ4v) is 3.05. The molecule has 0 saturated heterocycles. The van der Waals surface area contributed by atoms with E-state index in [1.807, 2.05) is 49.4 Å². The van der Waals surface area contributed by atoms with Gasteiger partial charge in [0.1, 0.15) is 12.4 Å². The molecule has 3 rings (SSSR count). The van der Waals surface area contributed by atoms with Crippen molar-refractivity contribution in [2.24, 2.45) is 4.99 Å². The van der Waals surface area contributed by atoms with Gasteiger partial charge in [-0.05, 0) is 43.5 Å². The monoisotopic (exact) mass is 496 g/mol. The van der Waals surface area contributed by atoms with Crippen LogP contribution in [0, 0.1) is 5.82 Å². The van der Waals surface area contributed by atoms with Crippen molar-refractivity contribution in [1.29, 1.82) is 0 Å². The lowest BCUT2D eigenvalue weighted by molar-refractivity contribution is -0.114. The maximum Gasteiger partial charge on any atom is 0.246 e. The predicted octanol–water partition coefficient (Wildman–Crippen LogP) is 3.67. The maximum absolute atomic E-state index is 14.1. The first-order valence-corrected chi connectivity index (χ1v) is 9.25. The Hall–Kier alpha value is -2.16. The van der Waals surface area contributed by atoms with E-state index in [-0.39, 0.29) is 47.7 Å². The standard InChI is InChI=1S/C21H25FN4O.HI/c1-2-23-20(24-14-19(27)26-16-8-4-3-5-9-16)25-15-21(12-13-21)17-10-6-7-11-18(17)22;/h3-11H,2,12-15H2,1H3,(H,26,27)(H2,23,24,25);1H. The summed E-state index contributed by atoms with van der Waals surface area (Å²) >= 11 is 0. The average molecular weight is 496 g/mol. The van der Waals surface area contributed by atoms with E-state index in [1.54, 1.807) is 6.07 Å². The first kappa shape index (κ1) is 22.1. The molecule has 0 heterocycles. The summed E-state index contributed by atoms with van der Waals surface area (Å²) in [5, 5.41) is 9.20. The zero-order valence-electron chi connectivity index (χ0n) is 15.9. The smallest absolute Gasteiger partial charge is 0.246 e. The van der Waals surface area contributed by atoms with Crippen molar-refractivity contribution in [2.75, 3.05) is 25.0 Å². The van der Waals surface area contributed by atoms with Crippen LogP contribution in [0.1, 0.15) is 25.3 Å². The lowest BCUT2D eigenvalue weighted by Crippen LogP contribution is -2.42. The fraction of sp³-hybridized carbons (Fsp3) is 0.333. The number of carbonyl (C=O) groups excluding carboxylic acids is 1. The van der Waals surface area contributed by atoms with Gasteiger partial charge in [0.2, 0.25) is 5.91 Å². The quantitative estimate of drug-likeness (QED) is 0.312. The van der Waals surface area contributed by atoms with Gasteiger partial charge >= 0.3 is 0 Å².